The van der Waals surface area contributed by atoms with Gasteiger partial charge >= 0.3 is 12.1 Å². The van der Waals surface area contributed by atoms with Crippen LogP contribution in [0.5, 0.6) is 0 Å². The third-order valence-corrected chi connectivity index (χ3v) is 0.987. The lowest BCUT2D eigenvalue weighted by Gasteiger charge is -2.22. The van der Waals surface area contributed by atoms with Gasteiger partial charge in [-0.15, -0.1) is 0 Å². The maximum Gasteiger partial charge on any atom is 0.326 e. The van der Waals surface area contributed by atoms with E-state index in [4.69, 9.17) is 0 Å². The van der Waals surface area contributed by atoms with Gasteiger partial charge in [0, 0.05) is 7.11 Å². The molecule has 0 bridgehead atoms. The van der Waals surface area contributed by atoms with E-state index < -0.39 is 18.4 Å². The Morgan fingerprint density at radius 2 is 1.80 bits per heavy atom. The molecule has 0 aromatic rings. The third-order valence-electron chi connectivity index (χ3n) is 0.987. The van der Waals surface area contributed by atoms with Crippen molar-refractivity contribution in [3.8, 4) is 0 Å². The van der Waals surface area contributed by atoms with Gasteiger partial charge in [0.2, 0.25) is 6.35 Å². The molecule has 0 atom stereocenters. The van der Waals surface area contributed by atoms with Gasteiger partial charge in [-0.05, 0) is 0 Å². The highest BCUT2D eigenvalue weighted by Crippen LogP contribution is 1.84. The minimum atomic E-state index is -0.721. The first kappa shape index (κ1) is 6.81. The minimum absolute atomic E-state index is 0.560. The summed E-state index contributed by atoms with van der Waals surface area (Å²) in [6.07, 6.45) is -0.721. The average molecular weight is 145 g/mol. The van der Waals surface area contributed by atoms with Gasteiger partial charge < -0.3 is 4.74 Å². The zero-order valence-corrected chi connectivity index (χ0v) is 5.30. The molecule has 3 N–H and O–H groups in total. The standard InChI is InChI=1S/C4H7N3O3/c1-10-4-6-2(8)5-3(9)7-4/h4H,1H3,(H3,5,6,7,8,9). The van der Waals surface area contributed by atoms with Gasteiger partial charge in [-0.25, -0.2) is 9.59 Å². The van der Waals surface area contributed by atoms with Crippen LogP contribution in [0.3, 0.4) is 0 Å². The van der Waals surface area contributed by atoms with Crippen molar-refractivity contribution in [1.82, 2.24) is 16.0 Å². The van der Waals surface area contributed by atoms with Crippen LogP contribution in [-0.4, -0.2) is 25.5 Å². The molecule has 1 heterocycles. The summed E-state index contributed by atoms with van der Waals surface area (Å²) in [5.41, 5.74) is 0. The van der Waals surface area contributed by atoms with Crippen LogP contribution in [0.1, 0.15) is 0 Å². The highest BCUT2D eigenvalue weighted by Gasteiger charge is 2.20. The molecule has 1 aliphatic heterocycles. The van der Waals surface area contributed by atoms with Crippen molar-refractivity contribution in [2.24, 2.45) is 0 Å². The second-order valence-corrected chi connectivity index (χ2v) is 1.69. The smallest absolute Gasteiger partial charge is 0.326 e. The average Bonchev–Trinajstić information content (AvgIpc) is 1.85. The van der Waals surface area contributed by atoms with E-state index in [2.05, 4.69) is 15.4 Å². The van der Waals surface area contributed by atoms with Gasteiger partial charge in [-0.2, -0.15) is 0 Å². The summed E-state index contributed by atoms with van der Waals surface area (Å²) >= 11 is 0. The highest BCUT2D eigenvalue weighted by atomic mass is 16.5. The molecule has 0 aromatic heterocycles. The number of nitrogens with one attached hydrogen (secondary N) is 3. The molecule has 0 aliphatic carbocycles. The minimum Gasteiger partial charge on any atom is -0.344 e. The van der Waals surface area contributed by atoms with Gasteiger partial charge in [0.15, 0.2) is 0 Å². The van der Waals surface area contributed by atoms with Gasteiger partial charge in [0.05, 0.1) is 0 Å². The fraction of sp³-hybridized carbons (Fsp3) is 0.500. The van der Waals surface area contributed by atoms with E-state index in [-0.39, 0.29) is 0 Å². The second-order valence-electron chi connectivity index (χ2n) is 1.69. The molecule has 10 heavy (non-hydrogen) atoms. The van der Waals surface area contributed by atoms with Crippen LogP contribution in [0.4, 0.5) is 9.59 Å². The topological polar surface area (TPSA) is 79.5 Å². The Bertz CT molecular complexity index is 153. The van der Waals surface area contributed by atoms with Gasteiger partial charge in [0.1, 0.15) is 0 Å². The first-order valence-corrected chi connectivity index (χ1v) is 2.63. The molecule has 56 valence electrons. The first-order chi connectivity index (χ1) is 4.72. The molecule has 0 aromatic carbocycles. The van der Waals surface area contributed by atoms with Crippen LogP contribution in [0.25, 0.3) is 0 Å². The van der Waals surface area contributed by atoms with Gasteiger partial charge in [-0.1, -0.05) is 0 Å². The number of imide groups is 1. The lowest BCUT2D eigenvalue weighted by atomic mass is 10.7. The van der Waals surface area contributed by atoms with Crippen LogP contribution in [-0.2, 0) is 4.74 Å². The molecule has 0 saturated carbocycles. The summed E-state index contributed by atoms with van der Waals surface area (Å²) in [5.74, 6) is 0. The van der Waals surface area contributed by atoms with E-state index in [9.17, 15) is 9.59 Å². The Morgan fingerprint density at radius 1 is 1.30 bits per heavy atom. The SMILES string of the molecule is COC1NC(=O)NC(=O)N1. The lowest BCUT2D eigenvalue weighted by molar-refractivity contribution is 0.0556. The fourth-order valence-electron chi connectivity index (χ4n) is 0.567. The predicted octanol–water partition coefficient (Wildman–Crippen LogP) is -1.06. The van der Waals surface area contributed by atoms with Crippen molar-refractivity contribution in [3.63, 3.8) is 0 Å². The summed E-state index contributed by atoms with van der Waals surface area (Å²) < 4.78 is 4.63. The van der Waals surface area contributed by atoms with Crippen LogP contribution < -0.4 is 16.0 Å². The summed E-state index contributed by atoms with van der Waals surface area (Å²) in [4.78, 5) is 21.0. The molecule has 6 heteroatoms. The molecule has 1 fully saturated rings. The molecule has 1 saturated heterocycles. The molecule has 1 rings (SSSR count). The molecule has 0 radical (unpaired) electrons. The number of carbonyl (C=O) groups excluding carboxylic acids is 2. The Balaban J connectivity index is 2.50. The van der Waals surface area contributed by atoms with E-state index in [1.807, 2.05) is 5.32 Å². The van der Waals surface area contributed by atoms with Crippen LogP contribution in [0.2, 0.25) is 0 Å². The van der Waals surface area contributed by atoms with Gasteiger partial charge in [-0.3, -0.25) is 16.0 Å². The number of carbonyl (C=O) groups is 2. The largest absolute Gasteiger partial charge is 0.344 e. The summed E-state index contributed by atoms with van der Waals surface area (Å²) in [6, 6.07) is -1.12. The Morgan fingerprint density at radius 3 is 2.20 bits per heavy atom. The number of amides is 4. The number of rotatable bonds is 1. The quantitative estimate of drug-likeness (QED) is 0.440. The van der Waals surface area contributed by atoms with Crippen molar-refractivity contribution in [2.75, 3.05) is 7.11 Å². The van der Waals surface area contributed by atoms with E-state index in [0.29, 0.717) is 0 Å². The Labute approximate surface area is 56.9 Å². The molecular formula is C4H7N3O3. The summed E-state index contributed by atoms with van der Waals surface area (Å²) in [6.45, 7) is 0. The molecule has 0 spiro atoms. The fourth-order valence-corrected chi connectivity index (χ4v) is 0.567. The van der Waals surface area contributed by atoms with Crippen molar-refractivity contribution < 1.29 is 14.3 Å². The normalized spacial score (nSPS) is 19.3. The van der Waals surface area contributed by atoms with Crippen molar-refractivity contribution in [1.29, 1.82) is 0 Å². The van der Waals surface area contributed by atoms with Crippen molar-refractivity contribution in [2.45, 2.75) is 6.35 Å². The summed E-state index contributed by atoms with van der Waals surface area (Å²) in [7, 11) is 1.37. The van der Waals surface area contributed by atoms with Crippen LogP contribution in [0, 0.1) is 0 Å². The van der Waals surface area contributed by atoms with E-state index in [0.717, 1.165) is 0 Å². The maximum absolute atomic E-state index is 10.5. The summed E-state index contributed by atoms with van der Waals surface area (Å²) in [5, 5.41) is 6.55. The van der Waals surface area contributed by atoms with Crippen molar-refractivity contribution >= 4 is 12.1 Å². The molecule has 1 aliphatic rings. The number of ether oxygens (including phenoxy) is 1. The van der Waals surface area contributed by atoms with E-state index in [1.54, 1.807) is 0 Å². The maximum atomic E-state index is 10.5. The van der Waals surface area contributed by atoms with E-state index in [1.165, 1.54) is 7.11 Å². The van der Waals surface area contributed by atoms with Crippen molar-refractivity contribution in [3.05, 3.63) is 0 Å². The third kappa shape index (κ3) is 1.35. The number of methoxy groups -OCH3 is 1. The highest BCUT2D eigenvalue weighted by molar-refractivity contribution is 5.95. The molecule has 4 amide bonds. The first-order valence-electron chi connectivity index (χ1n) is 2.63. The van der Waals surface area contributed by atoms with Gasteiger partial charge in [0.25, 0.3) is 0 Å². The number of hydrogen-bond acceptors (Lipinski definition) is 3. The molecular weight excluding hydrogens is 138 g/mol. The van der Waals surface area contributed by atoms with Crippen LogP contribution in [0.15, 0.2) is 0 Å². The lowest BCUT2D eigenvalue weighted by Crippen LogP contribution is -2.62. The monoisotopic (exact) mass is 145 g/mol. The number of urea groups is 2. The Hall–Kier alpha value is -1.30. The molecule has 0 unspecified atom stereocenters. The Kier molecular flexibility index (Phi) is 1.72. The zero-order valence-electron chi connectivity index (χ0n) is 5.30. The zero-order chi connectivity index (χ0) is 7.56. The predicted molar refractivity (Wildman–Crippen MR) is 31.0 cm³/mol. The molecule has 6 nitrogen and oxygen atoms in total. The number of hydrogen-bond donors (Lipinski definition) is 3. The second kappa shape index (κ2) is 2.53. The van der Waals surface area contributed by atoms with E-state index >= 15 is 0 Å². The van der Waals surface area contributed by atoms with Crippen LogP contribution >= 0.6 is 0 Å².